The van der Waals surface area contributed by atoms with Gasteiger partial charge in [0.25, 0.3) is 5.92 Å². The number of alkyl halides is 2. The Morgan fingerprint density at radius 1 is 1.16 bits per heavy atom. The van der Waals surface area contributed by atoms with E-state index in [0.717, 1.165) is 26.2 Å². The second-order valence-corrected chi connectivity index (χ2v) is 5.44. The highest BCUT2D eigenvalue weighted by Crippen LogP contribution is 2.48. The molecule has 1 aliphatic carbocycles. The fourth-order valence-electron chi connectivity index (χ4n) is 2.69. The van der Waals surface area contributed by atoms with E-state index in [0.29, 0.717) is 30.3 Å². The van der Waals surface area contributed by atoms with Gasteiger partial charge in [0.1, 0.15) is 13.2 Å². The van der Waals surface area contributed by atoms with Crippen molar-refractivity contribution in [1.29, 1.82) is 0 Å². The topological polar surface area (TPSA) is 44.5 Å². The molecule has 19 heavy (non-hydrogen) atoms. The molecular weight excluding hydrogens is 252 g/mol. The monoisotopic (exact) mass is 269 g/mol. The first-order valence-corrected chi connectivity index (χ1v) is 6.51. The summed E-state index contributed by atoms with van der Waals surface area (Å²) in [6.45, 7) is 1.71. The van der Waals surface area contributed by atoms with Gasteiger partial charge in [-0.1, -0.05) is 0 Å². The van der Waals surface area contributed by atoms with E-state index in [1.807, 2.05) is 0 Å². The first-order chi connectivity index (χ1) is 8.90. The smallest absolute Gasteiger partial charge is 0.270 e. The average Bonchev–Trinajstić information content (AvgIpc) is 2.33. The van der Waals surface area contributed by atoms with Crippen molar-refractivity contribution in [2.45, 2.75) is 37.6 Å². The minimum Gasteiger partial charge on any atom is -0.486 e. The van der Waals surface area contributed by atoms with Crippen LogP contribution in [0.25, 0.3) is 0 Å². The molecule has 104 valence electrons. The number of ether oxygens (including phenoxy) is 2. The van der Waals surface area contributed by atoms with Crippen molar-refractivity contribution in [3.63, 3.8) is 0 Å². The molecule has 1 aromatic rings. The number of halogens is 2. The lowest BCUT2D eigenvalue weighted by Crippen LogP contribution is -2.45. The van der Waals surface area contributed by atoms with E-state index in [1.165, 1.54) is 6.07 Å². The molecule has 0 spiro atoms. The third-order valence-corrected chi connectivity index (χ3v) is 3.94. The summed E-state index contributed by atoms with van der Waals surface area (Å²) in [4.78, 5) is 0. The maximum Gasteiger partial charge on any atom is 0.270 e. The molecule has 0 aromatic heterocycles. The molecule has 0 bridgehead atoms. The van der Waals surface area contributed by atoms with Crippen molar-refractivity contribution >= 4 is 0 Å². The van der Waals surface area contributed by atoms with Crippen molar-refractivity contribution in [2.24, 2.45) is 5.73 Å². The Morgan fingerprint density at radius 3 is 2.21 bits per heavy atom. The number of hydrogen-bond acceptors (Lipinski definition) is 3. The molecule has 1 heterocycles. The van der Waals surface area contributed by atoms with Gasteiger partial charge in [-0.3, -0.25) is 0 Å². The van der Waals surface area contributed by atoms with Crippen LogP contribution in [0.4, 0.5) is 8.78 Å². The highest BCUT2D eigenvalue weighted by molar-refractivity contribution is 5.52. The van der Waals surface area contributed by atoms with Gasteiger partial charge in [-0.25, -0.2) is 8.78 Å². The van der Waals surface area contributed by atoms with E-state index < -0.39 is 11.5 Å². The van der Waals surface area contributed by atoms with E-state index in [9.17, 15) is 8.78 Å². The number of benzene rings is 1. The van der Waals surface area contributed by atoms with E-state index in [4.69, 9.17) is 15.2 Å². The van der Waals surface area contributed by atoms with Gasteiger partial charge in [0.15, 0.2) is 11.5 Å². The fraction of sp³-hybridized carbons (Fsp3) is 0.571. The van der Waals surface area contributed by atoms with Gasteiger partial charge in [-0.2, -0.15) is 0 Å². The quantitative estimate of drug-likeness (QED) is 0.897. The molecule has 0 atom stereocenters. The zero-order chi connectivity index (χ0) is 13.7. The third-order valence-electron chi connectivity index (χ3n) is 3.94. The van der Waals surface area contributed by atoms with Crippen LogP contribution in [0.15, 0.2) is 12.1 Å². The third kappa shape index (κ3) is 2.06. The Hall–Kier alpha value is -1.36. The lowest BCUT2D eigenvalue weighted by atomic mass is 9.70. The molecule has 0 saturated heterocycles. The lowest BCUT2D eigenvalue weighted by Gasteiger charge is -2.41. The molecule has 2 N–H and O–H groups in total. The van der Waals surface area contributed by atoms with Crippen molar-refractivity contribution in [3.8, 4) is 11.5 Å². The highest BCUT2D eigenvalue weighted by Gasteiger charge is 2.41. The van der Waals surface area contributed by atoms with Crippen molar-refractivity contribution in [3.05, 3.63) is 23.3 Å². The minimum absolute atomic E-state index is 0.0426. The molecular formula is C14H17F2NO2. The summed E-state index contributed by atoms with van der Waals surface area (Å²) in [5, 5.41) is 0. The SMILES string of the molecule is CC(F)(F)c1cc2c(cc1C1(N)CCC1)OCCO2. The van der Waals surface area contributed by atoms with Crippen LogP contribution in [0.1, 0.15) is 37.3 Å². The van der Waals surface area contributed by atoms with Gasteiger partial charge in [0, 0.05) is 18.0 Å². The van der Waals surface area contributed by atoms with Crippen LogP contribution in [0.2, 0.25) is 0 Å². The summed E-state index contributed by atoms with van der Waals surface area (Å²) in [7, 11) is 0. The molecule has 1 aliphatic heterocycles. The molecule has 0 amide bonds. The Balaban J connectivity index is 2.14. The van der Waals surface area contributed by atoms with Crippen molar-refractivity contribution < 1.29 is 18.3 Å². The zero-order valence-corrected chi connectivity index (χ0v) is 10.8. The van der Waals surface area contributed by atoms with Crippen molar-refractivity contribution in [1.82, 2.24) is 0 Å². The molecule has 1 fully saturated rings. The Bertz CT molecular complexity index is 507. The Kier molecular flexibility index (Phi) is 2.71. The Morgan fingerprint density at radius 2 is 1.74 bits per heavy atom. The van der Waals surface area contributed by atoms with Crippen LogP contribution in [-0.4, -0.2) is 13.2 Å². The van der Waals surface area contributed by atoms with Gasteiger partial charge in [0.2, 0.25) is 0 Å². The molecule has 3 nitrogen and oxygen atoms in total. The number of rotatable bonds is 2. The first-order valence-electron chi connectivity index (χ1n) is 6.51. The molecule has 2 aliphatic rings. The van der Waals surface area contributed by atoms with Crippen LogP contribution in [0.5, 0.6) is 11.5 Å². The van der Waals surface area contributed by atoms with Crippen LogP contribution in [-0.2, 0) is 11.5 Å². The maximum atomic E-state index is 13.8. The van der Waals surface area contributed by atoms with Gasteiger partial charge in [-0.15, -0.1) is 0 Å². The molecule has 1 aromatic carbocycles. The molecule has 3 rings (SSSR count). The van der Waals surface area contributed by atoms with Crippen LogP contribution in [0, 0.1) is 0 Å². The van der Waals surface area contributed by atoms with Crippen LogP contribution < -0.4 is 15.2 Å². The molecule has 1 saturated carbocycles. The summed E-state index contributed by atoms with van der Waals surface area (Å²) < 4.78 is 38.5. The van der Waals surface area contributed by atoms with Crippen molar-refractivity contribution in [2.75, 3.05) is 13.2 Å². The molecule has 5 heteroatoms. The average molecular weight is 269 g/mol. The largest absolute Gasteiger partial charge is 0.486 e. The summed E-state index contributed by atoms with van der Waals surface area (Å²) in [6, 6.07) is 3.02. The van der Waals surface area contributed by atoms with E-state index >= 15 is 0 Å². The van der Waals surface area contributed by atoms with Gasteiger partial charge in [-0.05, 0) is 37.0 Å². The summed E-state index contributed by atoms with van der Waals surface area (Å²) >= 11 is 0. The standard InChI is InChI=1S/C14H17F2NO2/c1-13(15,16)9-7-11-12(19-6-5-18-11)8-10(9)14(17)3-2-4-14/h7-8H,2-6,17H2,1H3. The fourth-order valence-corrected chi connectivity index (χ4v) is 2.69. The van der Waals surface area contributed by atoms with E-state index in [2.05, 4.69) is 0 Å². The first kappa shape index (κ1) is 12.7. The molecule has 0 unspecified atom stereocenters. The van der Waals surface area contributed by atoms with Gasteiger partial charge >= 0.3 is 0 Å². The highest BCUT2D eigenvalue weighted by atomic mass is 19.3. The second-order valence-electron chi connectivity index (χ2n) is 5.44. The number of nitrogens with two attached hydrogens (primary N) is 1. The predicted molar refractivity (Wildman–Crippen MR) is 66.7 cm³/mol. The summed E-state index contributed by atoms with van der Waals surface area (Å²) in [5.74, 6) is -2.03. The normalized spacial score (nSPS) is 20.8. The predicted octanol–water partition coefficient (Wildman–Crippen LogP) is 2.91. The van der Waals surface area contributed by atoms with Crippen LogP contribution >= 0.6 is 0 Å². The molecule has 0 radical (unpaired) electrons. The van der Waals surface area contributed by atoms with E-state index in [-0.39, 0.29) is 5.56 Å². The van der Waals surface area contributed by atoms with Gasteiger partial charge < -0.3 is 15.2 Å². The van der Waals surface area contributed by atoms with Gasteiger partial charge in [0.05, 0.1) is 0 Å². The Labute approximate surface area is 110 Å². The maximum absolute atomic E-state index is 13.8. The lowest BCUT2D eigenvalue weighted by molar-refractivity contribution is 0.0135. The minimum atomic E-state index is -2.94. The van der Waals surface area contributed by atoms with Crippen LogP contribution in [0.3, 0.4) is 0 Å². The van der Waals surface area contributed by atoms with E-state index in [1.54, 1.807) is 6.07 Å². The summed E-state index contributed by atoms with van der Waals surface area (Å²) in [6.07, 6.45) is 2.44. The zero-order valence-electron chi connectivity index (χ0n) is 10.8. The second kappa shape index (κ2) is 4.07. The number of hydrogen-bond donors (Lipinski definition) is 1. The summed E-state index contributed by atoms with van der Waals surface area (Å²) in [5.41, 5.74) is 6.03. The number of fused-ring (bicyclic) bond motifs is 1.